The van der Waals surface area contributed by atoms with E-state index in [2.05, 4.69) is 6.92 Å². The van der Waals surface area contributed by atoms with Crippen LogP contribution >= 0.6 is 0 Å². The van der Waals surface area contributed by atoms with E-state index < -0.39 is 5.97 Å². The number of carboxylic acid groups (broad SMARTS) is 1. The van der Waals surface area contributed by atoms with Gasteiger partial charge in [-0.2, -0.15) is 0 Å². The quantitative estimate of drug-likeness (QED) is 0.818. The number of hydrogen-bond donors (Lipinski definition) is 1. The van der Waals surface area contributed by atoms with Gasteiger partial charge in [0.25, 0.3) is 0 Å². The maximum atomic E-state index is 12.2. The molecule has 0 bridgehead atoms. The molecule has 1 heterocycles. The average Bonchev–Trinajstić information content (AvgIpc) is 2.37. The molecule has 1 rings (SSSR count). The van der Waals surface area contributed by atoms with Gasteiger partial charge < -0.3 is 14.9 Å². The molecule has 0 unspecified atom stereocenters. The Kier molecular flexibility index (Phi) is 5.95. The normalized spacial score (nSPS) is 16.7. The van der Waals surface area contributed by atoms with Crippen molar-refractivity contribution in [2.45, 2.75) is 39.5 Å². The summed E-state index contributed by atoms with van der Waals surface area (Å²) in [5.74, 6) is -0.228. The summed E-state index contributed by atoms with van der Waals surface area (Å²) in [5.41, 5.74) is 0. The number of piperidine rings is 1. The number of likely N-dealkylation sites (tertiary alicyclic amines) is 1. The fourth-order valence-electron chi connectivity index (χ4n) is 2.41. The van der Waals surface area contributed by atoms with Crippen molar-refractivity contribution in [1.82, 2.24) is 9.80 Å². The average molecular weight is 256 g/mol. The van der Waals surface area contributed by atoms with Crippen molar-refractivity contribution in [2.75, 3.05) is 26.2 Å². The van der Waals surface area contributed by atoms with E-state index in [0.717, 1.165) is 38.8 Å². The molecule has 1 aliphatic rings. The van der Waals surface area contributed by atoms with Crippen LogP contribution in [0.15, 0.2) is 0 Å². The monoisotopic (exact) mass is 256 g/mol. The Hall–Kier alpha value is -1.26. The van der Waals surface area contributed by atoms with Gasteiger partial charge in [0.15, 0.2) is 0 Å². The molecule has 2 amide bonds. The summed E-state index contributed by atoms with van der Waals surface area (Å²) in [7, 11) is 0. The van der Waals surface area contributed by atoms with Gasteiger partial charge in [-0.3, -0.25) is 4.79 Å². The Morgan fingerprint density at radius 1 is 1.28 bits per heavy atom. The first-order valence-electron chi connectivity index (χ1n) is 6.84. The maximum Gasteiger partial charge on any atom is 0.323 e. The molecular weight excluding hydrogens is 232 g/mol. The molecule has 18 heavy (non-hydrogen) atoms. The Bertz CT molecular complexity index is 286. The van der Waals surface area contributed by atoms with E-state index >= 15 is 0 Å². The Balaban J connectivity index is 2.52. The molecule has 0 aliphatic carbocycles. The Morgan fingerprint density at radius 2 is 1.89 bits per heavy atom. The van der Waals surface area contributed by atoms with Gasteiger partial charge in [-0.25, -0.2) is 4.79 Å². The lowest BCUT2D eigenvalue weighted by Crippen LogP contribution is -2.48. The highest BCUT2D eigenvalue weighted by atomic mass is 16.4. The zero-order chi connectivity index (χ0) is 13.5. The summed E-state index contributed by atoms with van der Waals surface area (Å²) in [5, 5.41) is 8.83. The lowest BCUT2D eigenvalue weighted by atomic mass is 9.95. The first-order valence-corrected chi connectivity index (χ1v) is 6.84. The van der Waals surface area contributed by atoms with Crippen LogP contribution in [0.25, 0.3) is 0 Å². The number of rotatable bonds is 5. The van der Waals surface area contributed by atoms with E-state index in [-0.39, 0.29) is 12.6 Å². The molecule has 0 aromatic heterocycles. The fourth-order valence-corrected chi connectivity index (χ4v) is 2.41. The molecule has 0 aromatic carbocycles. The van der Waals surface area contributed by atoms with Crippen LogP contribution in [0.2, 0.25) is 0 Å². The van der Waals surface area contributed by atoms with Crippen molar-refractivity contribution in [3.8, 4) is 0 Å². The van der Waals surface area contributed by atoms with Crippen LogP contribution in [-0.2, 0) is 4.79 Å². The summed E-state index contributed by atoms with van der Waals surface area (Å²) in [4.78, 5) is 26.2. The minimum absolute atomic E-state index is 0.117. The third kappa shape index (κ3) is 4.20. The number of carbonyl (C=O) groups is 2. The number of nitrogens with zero attached hydrogens (tertiary/aromatic N) is 2. The highest BCUT2D eigenvalue weighted by Crippen LogP contribution is 2.20. The lowest BCUT2D eigenvalue weighted by Gasteiger charge is -2.35. The fraction of sp³-hybridized carbons (Fsp3) is 0.846. The van der Waals surface area contributed by atoms with Crippen molar-refractivity contribution in [3.63, 3.8) is 0 Å². The molecule has 0 aromatic rings. The van der Waals surface area contributed by atoms with Gasteiger partial charge in [-0.15, -0.1) is 0 Å². The molecule has 0 atom stereocenters. The standard InChI is InChI=1S/C13H24N2O3/c1-3-7-15(10-12(16)17)13(18)14-8-5-11(4-2)6-9-14/h11H,3-10H2,1-2H3,(H,16,17). The first-order chi connectivity index (χ1) is 8.58. The first kappa shape index (κ1) is 14.8. The van der Waals surface area contributed by atoms with Gasteiger partial charge in [0.1, 0.15) is 6.54 Å². The summed E-state index contributed by atoms with van der Waals surface area (Å²) in [6.45, 7) is 5.97. The number of amides is 2. The highest BCUT2D eigenvalue weighted by Gasteiger charge is 2.26. The third-order valence-electron chi connectivity index (χ3n) is 3.55. The molecule has 5 heteroatoms. The molecule has 1 fully saturated rings. The second kappa shape index (κ2) is 7.24. The molecular formula is C13H24N2O3. The zero-order valence-corrected chi connectivity index (χ0v) is 11.4. The van der Waals surface area contributed by atoms with Gasteiger partial charge in [-0.05, 0) is 25.2 Å². The van der Waals surface area contributed by atoms with E-state index in [1.165, 1.54) is 4.90 Å². The smallest absolute Gasteiger partial charge is 0.323 e. The molecule has 0 saturated carbocycles. The summed E-state index contributed by atoms with van der Waals surface area (Å²) < 4.78 is 0. The van der Waals surface area contributed by atoms with E-state index in [9.17, 15) is 9.59 Å². The second-order valence-corrected chi connectivity index (χ2v) is 4.94. The van der Waals surface area contributed by atoms with Crippen LogP contribution in [0.1, 0.15) is 39.5 Å². The summed E-state index contributed by atoms with van der Waals surface area (Å²) in [6, 6.07) is -0.117. The Labute approximate surface area is 109 Å². The minimum atomic E-state index is -0.944. The predicted molar refractivity (Wildman–Crippen MR) is 69.5 cm³/mol. The number of aliphatic carboxylic acids is 1. The number of hydrogen-bond acceptors (Lipinski definition) is 2. The molecule has 1 N–H and O–H groups in total. The second-order valence-electron chi connectivity index (χ2n) is 4.94. The summed E-state index contributed by atoms with van der Waals surface area (Å²) in [6.07, 6.45) is 4.02. The van der Waals surface area contributed by atoms with Crippen LogP contribution in [0.4, 0.5) is 4.79 Å². The number of carbonyl (C=O) groups excluding carboxylic acids is 1. The van der Waals surface area contributed by atoms with Crippen LogP contribution < -0.4 is 0 Å². The number of carboxylic acids is 1. The number of urea groups is 1. The molecule has 104 valence electrons. The maximum absolute atomic E-state index is 12.2. The molecule has 1 saturated heterocycles. The van der Waals surface area contributed by atoms with Crippen LogP contribution in [0, 0.1) is 5.92 Å². The zero-order valence-electron chi connectivity index (χ0n) is 11.4. The lowest BCUT2D eigenvalue weighted by molar-refractivity contribution is -0.137. The highest BCUT2D eigenvalue weighted by molar-refractivity contribution is 5.80. The van der Waals surface area contributed by atoms with Crippen molar-refractivity contribution >= 4 is 12.0 Å². The minimum Gasteiger partial charge on any atom is -0.480 e. The predicted octanol–water partition coefficient (Wildman–Crippen LogP) is 2.02. The van der Waals surface area contributed by atoms with Gasteiger partial charge >= 0.3 is 12.0 Å². The van der Waals surface area contributed by atoms with Crippen molar-refractivity contribution < 1.29 is 14.7 Å². The SMILES string of the molecule is CCCN(CC(=O)O)C(=O)N1CCC(CC)CC1. The largest absolute Gasteiger partial charge is 0.480 e. The third-order valence-corrected chi connectivity index (χ3v) is 3.55. The van der Waals surface area contributed by atoms with Gasteiger partial charge in [0.05, 0.1) is 0 Å². The molecule has 1 aliphatic heterocycles. The van der Waals surface area contributed by atoms with E-state index in [0.29, 0.717) is 12.5 Å². The van der Waals surface area contributed by atoms with Crippen molar-refractivity contribution in [3.05, 3.63) is 0 Å². The molecule has 0 spiro atoms. The summed E-state index contributed by atoms with van der Waals surface area (Å²) >= 11 is 0. The Morgan fingerprint density at radius 3 is 2.33 bits per heavy atom. The van der Waals surface area contributed by atoms with Crippen molar-refractivity contribution in [2.24, 2.45) is 5.92 Å². The van der Waals surface area contributed by atoms with E-state index in [1.54, 1.807) is 4.90 Å². The van der Waals surface area contributed by atoms with Crippen LogP contribution in [-0.4, -0.2) is 53.1 Å². The van der Waals surface area contributed by atoms with E-state index in [1.807, 2.05) is 6.92 Å². The molecule has 0 radical (unpaired) electrons. The van der Waals surface area contributed by atoms with E-state index in [4.69, 9.17) is 5.11 Å². The van der Waals surface area contributed by atoms with Gasteiger partial charge in [0, 0.05) is 19.6 Å². The van der Waals surface area contributed by atoms with Crippen LogP contribution in [0.3, 0.4) is 0 Å². The topological polar surface area (TPSA) is 60.9 Å². The van der Waals surface area contributed by atoms with Gasteiger partial charge in [0.2, 0.25) is 0 Å². The van der Waals surface area contributed by atoms with Crippen molar-refractivity contribution in [1.29, 1.82) is 0 Å². The van der Waals surface area contributed by atoms with Crippen LogP contribution in [0.5, 0.6) is 0 Å². The van der Waals surface area contributed by atoms with Gasteiger partial charge in [-0.1, -0.05) is 20.3 Å². The molecule has 5 nitrogen and oxygen atoms in total.